The van der Waals surface area contributed by atoms with Gasteiger partial charge in [0.1, 0.15) is 5.75 Å². The van der Waals surface area contributed by atoms with Crippen molar-refractivity contribution >= 4 is 12.4 Å². The molecule has 1 atom stereocenters. The van der Waals surface area contributed by atoms with Gasteiger partial charge >= 0.3 is 0 Å². The number of piperazine rings is 1. The maximum absolute atomic E-state index is 5.51. The molecule has 0 spiro atoms. The Morgan fingerprint density at radius 1 is 1.10 bits per heavy atom. The summed E-state index contributed by atoms with van der Waals surface area (Å²) < 4.78 is 7.54. The van der Waals surface area contributed by atoms with Crippen LogP contribution >= 0.6 is 12.4 Å². The van der Waals surface area contributed by atoms with Crippen LogP contribution in [0.2, 0.25) is 0 Å². The number of benzene rings is 1. The van der Waals surface area contributed by atoms with Crippen LogP contribution in [0.3, 0.4) is 0 Å². The van der Waals surface area contributed by atoms with E-state index in [-0.39, 0.29) is 24.0 Å². The number of tetrazole rings is 1. The Morgan fingerprint density at radius 2 is 1.79 bits per heavy atom. The molecule has 2 heterocycles. The summed E-state index contributed by atoms with van der Waals surface area (Å²) in [4.78, 5) is 5.03. The van der Waals surface area contributed by atoms with Gasteiger partial charge < -0.3 is 4.74 Å². The lowest BCUT2D eigenvalue weighted by atomic mass is 10.0. The topological polar surface area (TPSA) is 59.3 Å². The summed E-state index contributed by atoms with van der Waals surface area (Å²) in [5, 5.41) is 12.7. The molecule has 162 valence electrons. The van der Waals surface area contributed by atoms with Gasteiger partial charge in [-0.3, -0.25) is 9.80 Å². The molecule has 0 amide bonds. The van der Waals surface area contributed by atoms with Gasteiger partial charge in [0.25, 0.3) is 0 Å². The fraction of sp³-hybridized carbons (Fsp3) is 0.667. The third-order valence-electron chi connectivity index (χ3n) is 6.05. The molecular weight excluding hydrogens is 388 g/mol. The van der Waals surface area contributed by atoms with Gasteiger partial charge in [0, 0.05) is 38.3 Å². The average Bonchev–Trinajstić information content (AvgIpc) is 3.21. The Labute approximate surface area is 180 Å². The number of aromatic nitrogens is 4. The van der Waals surface area contributed by atoms with Crippen molar-refractivity contribution in [3.63, 3.8) is 0 Å². The van der Waals surface area contributed by atoms with Gasteiger partial charge in [0.2, 0.25) is 0 Å². The minimum atomic E-state index is -0.0715. The Kier molecular flexibility index (Phi) is 8.43. The minimum absolute atomic E-state index is 0. The second-order valence-corrected chi connectivity index (χ2v) is 8.16. The molecule has 2 aromatic rings. The van der Waals surface area contributed by atoms with E-state index in [1.54, 1.807) is 7.11 Å². The van der Waals surface area contributed by atoms with Crippen molar-refractivity contribution in [2.75, 3.05) is 33.3 Å². The van der Waals surface area contributed by atoms with Gasteiger partial charge in [-0.05, 0) is 43.2 Å². The van der Waals surface area contributed by atoms with Crippen LogP contribution in [-0.4, -0.2) is 63.3 Å². The lowest BCUT2D eigenvalue weighted by Gasteiger charge is -2.39. The Bertz CT molecular complexity index is 757. The van der Waals surface area contributed by atoms with Gasteiger partial charge in [-0.15, -0.1) is 17.5 Å². The molecule has 1 aliphatic heterocycles. The number of nitrogens with zero attached hydrogens (tertiary/aromatic N) is 6. The summed E-state index contributed by atoms with van der Waals surface area (Å²) >= 11 is 0. The van der Waals surface area contributed by atoms with Crippen LogP contribution in [0.1, 0.15) is 58.0 Å². The van der Waals surface area contributed by atoms with Crippen LogP contribution in [0.15, 0.2) is 24.3 Å². The predicted molar refractivity (Wildman–Crippen MR) is 118 cm³/mol. The van der Waals surface area contributed by atoms with E-state index < -0.39 is 0 Å². The number of hydrogen-bond donors (Lipinski definition) is 0. The van der Waals surface area contributed by atoms with Crippen LogP contribution in [0.4, 0.5) is 0 Å². The maximum Gasteiger partial charge on any atom is 0.168 e. The monoisotopic (exact) mass is 422 g/mol. The molecular formula is C21H35ClN6O. The summed E-state index contributed by atoms with van der Waals surface area (Å²) in [7, 11) is 1.74. The molecule has 3 rings (SSSR count). The van der Waals surface area contributed by atoms with Crippen molar-refractivity contribution in [3.8, 4) is 5.75 Å². The first-order chi connectivity index (χ1) is 13.5. The minimum Gasteiger partial charge on any atom is -0.496 e. The van der Waals surface area contributed by atoms with E-state index in [9.17, 15) is 0 Å². The highest BCUT2D eigenvalue weighted by Gasteiger charge is 2.32. The van der Waals surface area contributed by atoms with E-state index >= 15 is 0 Å². The van der Waals surface area contributed by atoms with Crippen molar-refractivity contribution in [1.82, 2.24) is 30.0 Å². The Balaban J connectivity index is 0.00000300. The van der Waals surface area contributed by atoms with Gasteiger partial charge in [-0.1, -0.05) is 32.0 Å². The van der Waals surface area contributed by atoms with E-state index in [0.29, 0.717) is 0 Å². The number of rotatable bonds is 8. The third kappa shape index (κ3) is 5.27. The van der Waals surface area contributed by atoms with Gasteiger partial charge in [-0.2, -0.15) is 0 Å². The highest BCUT2D eigenvalue weighted by Crippen LogP contribution is 2.29. The number of hydrogen-bond acceptors (Lipinski definition) is 6. The van der Waals surface area contributed by atoms with E-state index in [2.05, 4.69) is 65.2 Å². The zero-order valence-corrected chi connectivity index (χ0v) is 19.2. The quantitative estimate of drug-likeness (QED) is 0.648. The zero-order valence-electron chi connectivity index (χ0n) is 18.3. The van der Waals surface area contributed by atoms with Crippen LogP contribution in [0.5, 0.6) is 5.75 Å². The SMILES string of the molecule is CCC(c1nnnn1C(C)(C)CC)N1CCN(Cc2ccccc2OC)CC1.Cl. The second kappa shape index (κ2) is 10.4. The van der Waals surface area contributed by atoms with Gasteiger partial charge in [0.15, 0.2) is 5.82 Å². The summed E-state index contributed by atoms with van der Waals surface area (Å²) in [5.74, 6) is 1.96. The van der Waals surface area contributed by atoms with Gasteiger partial charge in [0.05, 0.1) is 18.7 Å². The lowest BCUT2D eigenvalue weighted by Crippen LogP contribution is -2.48. The predicted octanol–water partition coefficient (Wildman–Crippen LogP) is 3.52. The Hall–Kier alpha value is -1.70. The first-order valence-corrected chi connectivity index (χ1v) is 10.4. The van der Waals surface area contributed by atoms with E-state index in [1.807, 2.05) is 16.8 Å². The second-order valence-electron chi connectivity index (χ2n) is 8.16. The van der Waals surface area contributed by atoms with E-state index in [0.717, 1.165) is 57.1 Å². The Morgan fingerprint density at radius 3 is 2.41 bits per heavy atom. The molecule has 0 aliphatic carbocycles. The summed E-state index contributed by atoms with van der Waals surface area (Å²) in [5.41, 5.74) is 1.18. The first-order valence-electron chi connectivity index (χ1n) is 10.4. The number of para-hydroxylation sites is 1. The molecule has 1 aliphatic rings. The standard InChI is InChI=1S/C21H34N6O.ClH/c1-6-18(20-22-23-24-27(20)21(3,4)7-2)26-14-12-25(13-15-26)16-17-10-8-9-11-19(17)28-5;/h8-11,18H,6-7,12-16H2,1-5H3;1H. The normalized spacial score (nSPS) is 17.0. The number of methoxy groups -OCH3 is 1. The summed E-state index contributed by atoms with van der Waals surface area (Å²) in [6.07, 6.45) is 2.00. The molecule has 1 aromatic heterocycles. The molecule has 0 N–H and O–H groups in total. The lowest BCUT2D eigenvalue weighted by molar-refractivity contribution is 0.0808. The molecule has 1 fully saturated rings. The van der Waals surface area contributed by atoms with Crippen LogP contribution < -0.4 is 4.74 Å². The van der Waals surface area contributed by atoms with Crippen molar-refractivity contribution < 1.29 is 4.74 Å². The zero-order chi connectivity index (χ0) is 20.1. The van der Waals surface area contributed by atoms with E-state index in [4.69, 9.17) is 4.74 Å². The van der Waals surface area contributed by atoms with Crippen LogP contribution in [-0.2, 0) is 12.1 Å². The highest BCUT2D eigenvalue weighted by molar-refractivity contribution is 5.85. The average molecular weight is 423 g/mol. The fourth-order valence-corrected chi connectivity index (χ4v) is 3.89. The maximum atomic E-state index is 5.51. The molecule has 8 heteroatoms. The van der Waals surface area contributed by atoms with Crippen molar-refractivity contribution in [3.05, 3.63) is 35.7 Å². The van der Waals surface area contributed by atoms with E-state index in [1.165, 1.54) is 5.56 Å². The summed E-state index contributed by atoms with van der Waals surface area (Å²) in [6.45, 7) is 13.8. The molecule has 0 radical (unpaired) electrons. The molecule has 1 aromatic carbocycles. The molecule has 1 unspecified atom stereocenters. The van der Waals surface area contributed by atoms with Crippen molar-refractivity contribution in [1.29, 1.82) is 0 Å². The summed E-state index contributed by atoms with van der Waals surface area (Å²) in [6, 6.07) is 8.55. The van der Waals surface area contributed by atoms with Crippen LogP contribution in [0.25, 0.3) is 0 Å². The molecule has 0 saturated carbocycles. The van der Waals surface area contributed by atoms with Crippen molar-refractivity contribution in [2.24, 2.45) is 0 Å². The number of ether oxygens (including phenoxy) is 1. The van der Waals surface area contributed by atoms with Crippen LogP contribution in [0, 0.1) is 0 Å². The molecule has 0 bridgehead atoms. The molecule has 1 saturated heterocycles. The molecule has 7 nitrogen and oxygen atoms in total. The highest BCUT2D eigenvalue weighted by atomic mass is 35.5. The number of halogens is 1. The van der Waals surface area contributed by atoms with Crippen molar-refractivity contribution in [2.45, 2.75) is 58.7 Å². The first kappa shape index (κ1) is 23.6. The molecule has 29 heavy (non-hydrogen) atoms. The largest absolute Gasteiger partial charge is 0.496 e. The van der Waals surface area contributed by atoms with Gasteiger partial charge in [-0.25, -0.2) is 4.68 Å². The third-order valence-corrected chi connectivity index (χ3v) is 6.05. The fourth-order valence-electron chi connectivity index (χ4n) is 3.89. The smallest absolute Gasteiger partial charge is 0.168 e.